The average molecular weight is 291 g/mol. The summed E-state index contributed by atoms with van der Waals surface area (Å²) in [6.45, 7) is 6.75. The number of hydrogen-bond acceptors (Lipinski definition) is 5. The summed E-state index contributed by atoms with van der Waals surface area (Å²) in [5, 5.41) is 3.58. The lowest BCUT2D eigenvalue weighted by atomic mass is 9.84. The highest BCUT2D eigenvalue weighted by molar-refractivity contribution is 5.37. The van der Waals surface area contributed by atoms with Crippen molar-refractivity contribution in [2.75, 3.05) is 25.1 Å². The molecular formula is C16H25N3O2. The molecule has 2 aliphatic heterocycles. The van der Waals surface area contributed by atoms with E-state index in [9.17, 15) is 0 Å². The van der Waals surface area contributed by atoms with Gasteiger partial charge >= 0.3 is 0 Å². The second kappa shape index (κ2) is 6.28. The molecule has 116 valence electrons. The molecule has 2 aliphatic rings. The van der Waals surface area contributed by atoms with Crippen molar-refractivity contribution < 1.29 is 9.47 Å². The van der Waals surface area contributed by atoms with Crippen LogP contribution in [0.2, 0.25) is 0 Å². The molecule has 0 amide bonds. The zero-order valence-corrected chi connectivity index (χ0v) is 13.0. The van der Waals surface area contributed by atoms with Crippen molar-refractivity contribution in [2.24, 2.45) is 0 Å². The SMILES string of the molecule is CC(C)c1cc(NC2CCOC3(CCOCC3)C2)ncn1. The lowest BCUT2D eigenvalue weighted by Crippen LogP contribution is -2.47. The Morgan fingerprint density at radius 2 is 2.05 bits per heavy atom. The highest BCUT2D eigenvalue weighted by atomic mass is 16.5. The first-order chi connectivity index (χ1) is 10.2. The maximum Gasteiger partial charge on any atom is 0.129 e. The van der Waals surface area contributed by atoms with Gasteiger partial charge in [0.25, 0.3) is 0 Å². The standard InChI is InChI=1S/C16H25N3O2/c1-12(2)14-9-15(18-11-17-14)19-13-3-6-21-16(10-13)4-7-20-8-5-16/h9,11-13H,3-8,10H2,1-2H3,(H,17,18,19). The molecular weight excluding hydrogens is 266 g/mol. The molecule has 5 nitrogen and oxygen atoms in total. The minimum absolute atomic E-state index is 0.0159. The van der Waals surface area contributed by atoms with Gasteiger partial charge in [0.2, 0.25) is 0 Å². The van der Waals surface area contributed by atoms with Crippen LogP contribution in [0.5, 0.6) is 0 Å². The number of nitrogens with zero attached hydrogens (tertiary/aromatic N) is 2. The fraction of sp³-hybridized carbons (Fsp3) is 0.750. The van der Waals surface area contributed by atoms with Gasteiger partial charge in [-0.1, -0.05) is 13.8 Å². The van der Waals surface area contributed by atoms with Crippen LogP contribution in [0.4, 0.5) is 5.82 Å². The number of aromatic nitrogens is 2. The molecule has 1 atom stereocenters. The lowest BCUT2D eigenvalue weighted by molar-refractivity contribution is -0.135. The maximum absolute atomic E-state index is 6.08. The van der Waals surface area contributed by atoms with E-state index in [1.807, 2.05) is 0 Å². The van der Waals surface area contributed by atoms with E-state index in [2.05, 4.69) is 35.2 Å². The minimum atomic E-state index is 0.0159. The minimum Gasteiger partial charge on any atom is -0.381 e. The molecule has 1 N–H and O–H groups in total. The van der Waals surface area contributed by atoms with Crippen LogP contribution < -0.4 is 5.32 Å². The topological polar surface area (TPSA) is 56.3 Å². The van der Waals surface area contributed by atoms with E-state index in [4.69, 9.17) is 9.47 Å². The second-order valence-corrected chi connectivity index (χ2v) is 6.46. The average Bonchev–Trinajstić information content (AvgIpc) is 2.48. The molecule has 3 heterocycles. The highest BCUT2D eigenvalue weighted by Gasteiger charge is 2.39. The van der Waals surface area contributed by atoms with Gasteiger partial charge in [-0.2, -0.15) is 0 Å². The van der Waals surface area contributed by atoms with Gasteiger partial charge < -0.3 is 14.8 Å². The quantitative estimate of drug-likeness (QED) is 0.928. The van der Waals surface area contributed by atoms with Crippen molar-refractivity contribution in [3.63, 3.8) is 0 Å². The third kappa shape index (κ3) is 3.52. The van der Waals surface area contributed by atoms with Gasteiger partial charge in [0.05, 0.1) is 5.60 Å². The van der Waals surface area contributed by atoms with Crippen LogP contribution in [0.1, 0.15) is 51.1 Å². The van der Waals surface area contributed by atoms with Crippen LogP contribution in [0.25, 0.3) is 0 Å². The summed E-state index contributed by atoms with van der Waals surface area (Å²) in [5.41, 5.74) is 1.10. The molecule has 0 aromatic carbocycles. The summed E-state index contributed by atoms with van der Waals surface area (Å²) < 4.78 is 11.6. The van der Waals surface area contributed by atoms with E-state index in [0.29, 0.717) is 12.0 Å². The molecule has 1 spiro atoms. The first kappa shape index (κ1) is 14.7. The Balaban J connectivity index is 1.65. The summed E-state index contributed by atoms with van der Waals surface area (Å²) >= 11 is 0. The van der Waals surface area contributed by atoms with Crippen molar-refractivity contribution in [1.82, 2.24) is 9.97 Å². The molecule has 1 aromatic heterocycles. The monoisotopic (exact) mass is 291 g/mol. The Labute approximate surface area is 126 Å². The third-order valence-electron chi connectivity index (χ3n) is 4.53. The summed E-state index contributed by atoms with van der Waals surface area (Å²) in [6, 6.07) is 2.49. The van der Waals surface area contributed by atoms with Crippen molar-refractivity contribution in [3.8, 4) is 0 Å². The lowest BCUT2D eigenvalue weighted by Gasteiger charge is -2.43. The van der Waals surface area contributed by atoms with Crippen LogP contribution in [0, 0.1) is 0 Å². The fourth-order valence-electron chi connectivity index (χ4n) is 3.22. The van der Waals surface area contributed by atoms with Gasteiger partial charge in [-0.3, -0.25) is 0 Å². The van der Waals surface area contributed by atoms with Gasteiger partial charge in [-0.05, 0) is 31.6 Å². The van der Waals surface area contributed by atoms with E-state index in [1.54, 1.807) is 6.33 Å². The number of hydrogen-bond donors (Lipinski definition) is 1. The summed E-state index contributed by atoms with van der Waals surface area (Å²) in [5.74, 6) is 1.35. The van der Waals surface area contributed by atoms with Crippen molar-refractivity contribution in [2.45, 2.75) is 57.1 Å². The Morgan fingerprint density at radius 3 is 2.81 bits per heavy atom. The van der Waals surface area contributed by atoms with Gasteiger partial charge in [0.15, 0.2) is 0 Å². The summed E-state index contributed by atoms with van der Waals surface area (Å²) in [4.78, 5) is 8.68. The van der Waals surface area contributed by atoms with E-state index in [1.165, 1.54) is 0 Å². The normalized spacial score (nSPS) is 25.2. The van der Waals surface area contributed by atoms with E-state index >= 15 is 0 Å². The third-order valence-corrected chi connectivity index (χ3v) is 4.53. The molecule has 2 fully saturated rings. The zero-order valence-electron chi connectivity index (χ0n) is 13.0. The molecule has 0 saturated carbocycles. The summed E-state index contributed by atoms with van der Waals surface area (Å²) in [6.07, 6.45) is 5.74. The van der Waals surface area contributed by atoms with Crippen LogP contribution >= 0.6 is 0 Å². The van der Waals surface area contributed by atoms with Gasteiger partial charge in [0.1, 0.15) is 12.1 Å². The van der Waals surface area contributed by atoms with Crippen LogP contribution in [0.3, 0.4) is 0 Å². The smallest absolute Gasteiger partial charge is 0.129 e. The van der Waals surface area contributed by atoms with Crippen LogP contribution in [0.15, 0.2) is 12.4 Å². The highest BCUT2D eigenvalue weighted by Crippen LogP contribution is 2.35. The molecule has 1 aromatic rings. The van der Waals surface area contributed by atoms with Gasteiger partial charge in [0, 0.05) is 37.6 Å². The summed E-state index contributed by atoms with van der Waals surface area (Å²) in [7, 11) is 0. The van der Waals surface area contributed by atoms with E-state index < -0.39 is 0 Å². The zero-order chi connectivity index (χ0) is 14.7. The largest absolute Gasteiger partial charge is 0.381 e. The Hall–Kier alpha value is -1.20. The Bertz CT molecular complexity index is 467. The van der Waals surface area contributed by atoms with Gasteiger partial charge in [-0.15, -0.1) is 0 Å². The fourth-order valence-corrected chi connectivity index (χ4v) is 3.22. The molecule has 1 unspecified atom stereocenters. The number of nitrogens with one attached hydrogen (secondary N) is 1. The number of anilines is 1. The predicted octanol–water partition coefficient (Wildman–Crippen LogP) is 2.74. The molecule has 0 bridgehead atoms. The van der Waals surface area contributed by atoms with Crippen molar-refractivity contribution in [1.29, 1.82) is 0 Å². The van der Waals surface area contributed by atoms with Crippen molar-refractivity contribution in [3.05, 3.63) is 18.1 Å². The first-order valence-electron chi connectivity index (χ1n) is 7.97. The molecule has 0 radical (unpaired) electrons. The second-order valence-electron chi connectivity index (χ2n) is 6.46. The van der Waals surface area contributed by atoms with Crippen molar-refractivity contribution >= 4 is 5.82 Å². The van der Waals surface area contributed by atoms with E-state index in [-0.39, 0.29) is 5.60 Å². The molecule has 0 aliphatic carbocycles. The molecule has 21 heavy (non-hydrogen) atoms. The Morgan fingerprint density at radius 1 is 1.24 bits per heavy atom. The predicted molar refractivity (Wildman–Crippen MR) is 81.5 cm³/mol. The van der Waals surface area contributed by atoms with Crippen LogP contribution in [-0.2, 0) is 9.47 Å². The maximum atomic E-state index is 6.08. The Kier molecular flexibility index (Phi) is 4.40. The van der Waals surface area contributed by atoms with Crippen LogP contribution in [-0.4, -0.2) is 41.4 Å². The molecule has 3 rings (SSSR count). The van der Waals surface area contributed by atoms with Gasteiger partial charge in [-0.25, -0.2) is 9.97 Å². The molecule has 5 heteroatoms. The first-order valence-corrected chi connectivity index (χ1v) is 7.97. The molecule has 2 saturated heterocycles. The number of rotatable bonds is 3. The van der Waals surface area contributed by atoms with E-state index in [0.717, 1.165) is 57.0 Å². The number of ether oxygens (including phenoxy) is 2.